The molecule has 0 aliphatic heterocycles. The van der Waals surface area contributed by atoms with Crippen LogP contribution >= 0.6 is 0 Å². The first-order chi connectivity index (χ1) is 9.82. The van der Waals surface area contributed by atoms with E-state index in [4.69, 9.17) is 9.78 Å². The lowest BCUT2D eigenvalue weighted by atomic mass is 10.1. The number of nitrogens with one attached hydrogen (secondary N) is 1. The Morgan fingerprint density at radius 1 is 1.33 bits per heavy atom. The predicted molar refractivity (Wildman–Crippen MR) is 69.5 cm³/mol. The number of anilines is 1. The van der Waals surface area contributed by atoms with Gasteiger partial charge in [0.25, 0.3) is 0 Å². The van der Waals surface area contributed by atoms with E-state index in [-0.39, 0.29) is 17.8 Å². The SMILES string of the molecule is Cc1noc(C)c1CNc1ccc(C#N)cc1C(F)(F)F. The minimum atomic E-state index is -4.53. The van der Waals surface area contributed by atoms with Crippen LogP contribution in [-0.2, 0) is 12.7 Å². The largest absolute Gasteiger partial charge is 0.418 e. The van der Waals surface area contributed by atoms with Gasteiger partial charge in [-0.15, -0.1) is 0 Å². The van der Waals surface area contributed by atoms with E-state index in [1.54, 1.807) is 19.9 Å². The average molecular weight is 295 g/mol. The third-order valence-corrected chi connectivity index (χ3v) is 3.09. The van der Waals surface area contributed by atoms with Gasteiger partial charge in [0.2, 0.25) is 0 Å². The summed E-state index contributed by atoms with van der Waals surface area (Å²) >= 11 is 0. The van der Waals surface area contributed by atoms with Crippen molar-refractivity contribution in [1.82, 2.24) is 5.16 Å². The first-order valence-electron chi connectivity index (χ1n) is 6.10. The Morgan fingerprint density at radius 2 is 2.05 bits per heavy atom. The van der Waals surface area contributed by atoms with E-state index < -0.39 is 11.7 Å². The molecule has 1 aromatic carbocycles. The van der Waals surface area contributed by atoms with E-state index in [1.807, 2.05) is 0 Å². The Hall–Kier alpha value is -2.49. The summed E-state index contributed by atoms with van der Waals surface area (Å²) in [5.41, 5.74) is 0.356. The summed E-state index contributed by atoms with van der Waals surface area (Å²) in [6.07, 6.45) is -4.53. The van der Waals surface area contributed by atoms with Crippen molar-refractivity contribution in [3.8, 4) is 6.07 Å². The predicted octanol–water partition coefficient (Wildman–Crippen LogP) is 3.79. The fourth-order valence-corrected chi connectivity index (χ4v) is 1.94. The van der Waals surface area contributed by atoms with Crippen LogP contribution in [0.4, 0.5) is 18.9 Å². The molecule has 0 bridgehead atoms. The summed E-state index contributed by atoms with van der Waals surface area (Å²) < 4.78 is 44.0. The molecule has 1 aromatic heterocycles. The maximum atomic E-state index is 13.0. The molecule has 0 saturated heterocycles. The van der Waals surface area contributed by atoms with Gasteiger partial charge in [-0.05, 0) is 32.0 Å². The van der Waals surface area contributed by atoms with Gasteiger partial charge in [0, 0.05) is 17.8 Å². The van der Waals surface area contributed by atoms with Gasteiger partial charge in [-0.1, -0.05) is 5.16 Å². The summed E-state index contributed by atoms with van der Waals surface area (Å²) in [5, 5.41) is 15.2. The molecular weight excluding hydrogens is 283 g/mol. The van der Waals surface area contributed by atoms with Crippen LogP contribution in [0.2, 0.25) is 0 Å². The van der Waals surface area contributed by atoms with Crippen LogP contribution in [0.1, 0.15) is 28.1 Å². The number of hydrogen-bond donors (Lipinski definition) is 1. The molecule has 0 amide bonds. The second kappa shape index (κ2) is 5.48. The second-order valence-electron chi connectivity index (χ2n) is 4.53. The Bertz CT molecular complexity index is 679. The van der Waals surface area contributed by atoms with Crippen molar-refractivity contribution in [2.24, 2.45) is 0 Å². The lowest BCUT2D eigenvalue weighted by Gasteiger charge is -2.14. The maximum Gasteiger partial charge on any atom is 0.418 e. The second-order valence-corrected chi connectivity index (χ2v) is 4.53. The average Bonchev–Trinajstić information content (AvgIpc) is 2.74. The third-order valence-electron chi connectivity index (χ3n) is 3.09. The highest BCUT2D eigenvalue weighted by molar-refractivity contribution is 5.56. The van der Waals surface area contributed by atoms with Crippen molar-refractivity contribution >= 4 is 5.69 Å². The van der Waals surface area contributed by atoms with Crippen LogP contribution in [-0.4, -0.2) is 5.16 Å². The molecule has 0 unspecified atom stereocenters. The van der Waals surface area contributed by atoms with E-state index in [0.717, 1.165) is 6.07 Å². The molecule has 4 nitrogen and oxygen atoms in total. The maximum absolute atomic E-state index is 13.0. The van der Waals surface area contributed by atoms with Crippen LogP contribution < -0.4 is 5.32 Å². The molecular formula is C14H12F3N3O. The molecule has 7 heteroatoms. The Kier molecular flexibility index (Phi) is 3.89. The topological polar surface area (TPSA) is 61.9 Å². The van der Waals surface area contributed by atoms with Gasteiger partial charge in [-0.25, -0.2) is 0 Å². The third kappa shape index (κ3) is 3.16. The van der Waals surface area contributed by atoms with Crippen LogP contribution in [0.25, 0.3) is 0 Å². The summed E-state index contributed by atoms with van der Waals surface area (Å²) in [5.74, 6) is 0.558. The lowest BCUT2D eigenvalue weighted by molar-refractivity contribution is -0.137. The summed E-state index contributed by atoms with van der Waals surface area (Å²) in [7, 11) is 0. The molecule has 0 spiro atoms. The molecule has 0 radical (unpaired) electrons. The standard InChI is InChI=1S/C14H12F3N3O/c1-8-11(9(2)21-20-8)7-19-13-4-3-10(6-18)5-12(13)14(15,16)17/h3-5,19H,7H2,1-2H3. The van der Waals surface area contributed by atoms with Crippen LogP contribution in [0.5, 0.6) is 0 Å². The van der Waals surface area contributed by atoms with Gasteiger partial charge in [-0.3, -0.25) is 0 Å². The van der Waals surface area contributed by atoms with Gasteiger partial charge >= 0.3 is 6.18 Å². The van der Waals surface area contributed by atoms with E-state index in [2.05, 4.69) is 10.5 Å². The van der Waals surface area contributed by atoms with Crippen LogP contribution in [0, 0.1) is 25.2 Å². The van der Waals surface area contributed by atoms with Gasteiger partial charge in [0.1, 0.15) is 5.76 Å². The number of alkyl halides is 3. The zero-order valence-corrected chi connectivity index (χ0v) is 11.4. The molecule has 2 rings (SSSR count). The highest BCUT2D eigenvalue weighted by atomic mass is 19.4. The minimum Gasteiger partial charge on any atom is -0.380 e. The number of nitriles is 1. The van der Waals surface area contributed by atoms with Gasteiger partial charge < -0.3 is 9.84 Å². The van der Waals surface area contributed by atoms with Crippen molar-refractivity contribution < 1.29 is 17.7 Å². The molecule has 110 valence electrons. The lowest BCUT2D eigenvalue weighted by Crippen LogP contribution is -2.11. The number of rotatable bonds is 3. The highest BCUT2D eigenvalue weighted by Gasteiger charge is 2.33. The van der Waals surface area contributed by atoms with E-state index in [9.17, 15) is 13.2 Å². The number of halogens is 3. The molecule has 2 aromatic rings. The quantitative estimate of drug-likeness (QED) is 0.935. The normalized spacial score (nSPS) is 11.2. The Balaban J connectivity index is 2.30. The minimum absolute atomic E-state index is 0.0368. The van der Waals surface area contributed by atoms with Gasteiger partial charge in [0.15, 0.2) is 0 Å². The number of nitrogens with zero attached hydrogens (tertiary/aromatic N) is 2. The highest BCUT2D eigenvalue weighted by Crippen LogP contribution is 2.35. The van der Waals surface area contributed by atoms with Crippen molar-refractivity contribution in [2.45, 2.75) is 26.6 Å². The molecule has 0 fully saturated rings. The Labute approximate surface area is 119 Å². The molecule has 0 aliphatic rings. The number of hydrogen-bond acceptors (Lipinski definition) is 4. The van der Waals surface area contributed by atoms with Crippen molar-refractivity contribution in [3.05, 3.63) is 46.3 Å². The zero-order chi connectivity index (χ0) is 15.6. The summed E-state index contributed by atoms with van der Waals surface area (Å²) in [6, 6.07) is 5.12. The monoisotopic (exact) mass is 295 g/mol. The first kappa shape index (κ1) is 14.9. The van der Waals surface area contributed by atoms with E-state index in [0.29, 0.717) is 17.0 Å². The van der Waals surface area contributed by atoms with Crippen molar-refractivity contribution in [1.29, 1.82) is 5.26 Å². The summed E-state index contributed by atoms with van der Waals surface area (Å²) in [4.78, 5) is 0. The fourth-order valence-electron chi connectivity index (χ4n) is 1.94. The number of aryl methyl sites for hydroxylation is 2. The zero-order valence-electron chi connectivity index (χ0n) is 11.4. The molecule has 0 aliphatic carbocycles. The smallest absolute Gasteiger partial charge is 0.380 e. The van der Waals surface area contributed by atoms with Crippen LogP contribution in [0.3, 0.4) is 0 Å². The van der Waals surface area contributed by atoms with E-state index >= 15 is 0 Å². The Morgan fingerprint density at radius 3 is 2.57 bits per heavy atom. The van der Waals surface area contributed by atoms with E-state index in [1.165, 1.54) is 12.1 Å². The van der Waals surface area contributed by atoms with Gasteiger partial charge in [0.05, 0.1) is 22.9 Å². The molecule has 21 heavy (non-hydrogen) atoms. The molecule has 0 saturated carbocycles. The fraction of sp³-hybridized carbons (Fsp3) is 0.286. The van der Waals surface area contributed by atoms with Crippen LogP contribution in [0.15, 0.2) is 22.7 Å². The number of aromatic nitrogens is 1. The first-order valence-corrected chi connectivity index (χ1v) is 6.10. The van der Waals surface area contributed by atoms with Gasteiger partial charge in [-0.2, -0.15) is 18.4 Å². The molecule has 1 heterocycles. The summed E-state index contributed by atoms with van der Waals surface area (Å²) in [6.45, 7) is 3.58. The molecule has 0 atom stereocenters. The van der Waals surface area contributed by atoms with Crippen molar-refractivity contribution in [2.75, 3.05) is 5.32 Å². The molecule has 1 N–H and O–H groups in total. The van der Waals surface area contributed by atoms with Crippen molar-refractivity contribution in [3.63, 3.8) is 0 Å². The number of benzene rings is 1.